The molecule has 1 atom stereocenters. The zero-order chi connectivity index (χ0) is 22.9. The van der Waals surface area contributed by atoms with E-state index in [9.17, 15) is 27.5 Å². The van der Waals surface area contributed by atoms with Crippen LogP contribution >= 0.6 is 0 Å². The van der Waals surface area contributed by atoms with Crippen LogP contribution in [0.4, 0.5) is 23.2 Å². The normalized spacial score (nSPS) is 15.9. The van der Waals surface area contributed by atoms with E-state index in [0.717, 1.165) is 25.3 Å². The monoisotopic (exact) mass is 447 g/mol. The van der Waals surface area contributed by atoms with Crippen LogP contribution in [0.15, 0.2) is 54.6 Å². The molecule has 0 bridgehead atoms. The molecule has 1 saturated carbocycles. The van der Waals surface area contributed by atoms with Crippen molar-refractivity contribution in [1.82, 2.24) is 10.2 Å². The highest BCUT2D eigenvalue weighted by atomic mass is 19.4. The van der Waals surface area contributed by atoms with Crippen molar-refractivity contribution in [2.75, 3.05) is 5.32 Å². The number of amides is 1. The van der Waals surface area contributed by atoms with Crippen LogP contribution in [-0.4, -0.2) is 21.2 Å². The van der Waals surface area contributed by atoms with Crippen LogP contribution in [0, 0.1) is 11.7 Å². The minimum atomic E-state index is -4.69. The third-order valence-electron chi connectivity index (χ3n) is 5.67. The molecule has 1 aromatic heterocycles. The maximum Gasteiger partial charge on any atom is 0.432 e. The minimum Gasteiger partial charge on any atom is -0.380 e. The Morgan fingerprint density at radius 1 is 1.09 bits per heavy atom. The number of carbonyl (C=O) groups excluding carboxylic acids is 1. The Morgan fingerprint density at radius 3 is 2.44 bits per heavy atom. The lowest BCUT2D eigenvalue weighted by atomic mass is 9.82. The fourth-order valence-corrected chi connectivity index (χ4v) is 3.64. The highest BCUT2D eigenvalue weighted by molar-refractivity contribution is 6.03. The first kappa shape index (κ1) is 22.0. The lowest BCUT2D eigenvalue weighted by molar-refractivity contribution is -0.141. The molecule has 3 aromatic rings. The maximum absolute atomic E-state index is 14.5. The number of H-pyrrole nitrogens is 1. The van der Waals surface area contributed by atoms with E-state index in [0.29, 0.717) is 29.5 Å². The molecule has 0 aliphatic heterocycles. The predicted octanol–water partition coefficient (Wildman–Crippen LogP) is 5.25. The number of aromatic nitrogens is 2. The number of benzene rings is 2. The van der Waals surface area contributed by atoms with Crippen LogP contribution in [0.3, 0.4) is 0 Å². The molecule has 32 heavy (non-hydrogen) atoms. The molecule has 1 heterocycles. The summed E-state index contributed by atoms with van der Waals surface area (Å²) >= 11 is 0. The number of rotatable bonds is 7. The zero-order valence-corrected chi connectivity index (χ0v) is 16.9. The lowest BCUT2D eigenvalue weighted by Gasteiger charge is -2.30. The summed E-state index contributed by atoms with van der Waals surface area (Å²) in [5, 5.41) is 19.0. The van der Waals surface area contributed by atoms with Gasteiger partial charge in [0.25, 0.3) is 5.91 Å². The number of hydrogen-bond donors (Lipinski definition) is 3. The molecule has 0 spiro atoms. The van der Waals surface area contributed by atoms with Gasteiger partial charge in [0.2, 0.25) is 0 Å². The van der Waals surface area contributed by atoms with Crippen molar-refractivity contribution in [1.29, 1.82) is 0 Å². The predicted molar refractivity (Wildman–Crippen MR) is 109 cm³/mol. The topological polar surface area (TPSA) is 78.0 Å². The molecular formula is C23H21F4N3O2. The van der Waals surface area contributed by atoms with Crippen LogP contribution in [0.5, 0.6) is 0 Å². The summed E-state index contributed by atoms with van der Waals surface area (Å²) in [7, 11) is 0. The van der Waals surface area contributed by atoms with Crippen LogP contribution in [0.2, 0.25) is 0 Å². The molecule has 1 aliphatic rings. The Morgan fingerprint density at radius 2 is 1.81 bits per heavy atom. The average Bonchev–Trinajstić information content (AvgIpc) is 3.45. The number of halogens is 4. The van der Waals surface area contributed by atoms with E-state index < -0.39 is 34.9 Å². The Labute approximate surface area is 181 Å². The average molecular weight is 447 g/mol. The largest absolute Gasteiger partial charge is 0.432 e. The highest BCUT2D eigenvalue weighted by Gasteiger charge is 2.36. The third-order valence-corrected chi connectivity index (χ3v) is 5.67. The third kappa shape index (κ3) is 4.67. The van der Waals surface area contributed by atoms with Crippen molar-refractivity contribution in [2.45, 2.75) is 37.5 Å². The molecule has 168 valence electrons. The second-order valence-electron chi connectivity index (χ2n) is 8.02. The van der Waals surface area contributed by atoms with Crippen molar-refractivity contribution in [3.63, 3.8) is 0 Å². The number of nitrogens with zero attached hydrogens (tertiary/aromatic N) is 1. The van der Waals surface area contributed by atoms with Crippen LogP contribution in [0.1, 0.15) is 53.0 Å². The van der Waals surface area contributed by atoms with Crippen molar-refractivity contribution in [2.24, 2.45) is 5.92 Å². The van der Waals surface area contributed by atoms with Crippen molar-refractivity contribution < 1.29 is 27.5 Å². The Kier molecular flexibility index (Phi) is 5.77. The van der Waals surface area contributed by atoms with Gasteiger partial charge >= 0.3 is 6.18 Å². The zero-order valence-electron chi connectivity index (χ0n) is 16.9. The molecule has 4 rings (SSSR count). The van der Waals surface area contributed by atoms with Gasteiger partial charge < -0.3 is 10.4 Å². The SMILES string of the molecule is O=C(Nc1cc(C(O)(CCC2CC2)c2ccccc2)ccc1F)c1cc(C(F)(F)F)[nH]n1. The standard InChI is InChI=1S/C23H21F4N3O2/c24-17-9-8-16(22(32,11-10-14-6-7-14)15-4-2-1-3-5-15)12-18(17)28-21(31)19-13-20(30-29-19)23(25,26)27/h1-5,8-9,12-14,32H,6-7,10-11H2,(H,28,31)(H,29,30). The number of anilines is 1. The summed E-state index contributed by atoms with van der Waals surface area (Å²) in [6.45, 7) is 0. The molecule has 1 fully saturated rings. The number of alkyl halides is 3. The Bertz CT molecular complexity index is 1110. The molecule has 1 amide bonds. The van der Waals surface area contributed by atoms with E-state index in [-0.39, 0.29) is 5.69 Å². The van der Waals surface area contributed by atoms with Crippen molar-refractivity contribution in [3.8, 4) is 0 Å². The highest BCUT2D eigenvalue weighted by Crippen LogP contribution is 2.41. The van der Waals surface area contributed by atoms with E-state index >= 15 is 0 Å². The first-order valence-electron chi connectivity index (χ1n) is 10.2. The summed E-state index contributed by atoms with van der Waals surface area (Å²) in [6, 6.07) is 13.4. The van der Waals surface area contributed by atoms with Gasteiger partial charge in [-0.1, -0.05) is 49.2 Å². The van der Waals surface area contributed by atoms with Crippen LogP contribution in [0.25, 0.3) is 0 Å². The Balaban J connectivity index is 1.63. The van der Waals surface area contributed by atoms with E-state index in [1.165, 1.54) is 12.1 Å². The van der Waals surface area contributed by atoms with Gasteiger partial charge in [-0.3, -0.25) is 9.89 Å². The first-order valence-corrected chi connectivity index (χ1v) is 10.2. The summed E-state index contributed by atoms with van der Waals surface area (Å²) in [5.41, 5.74) is -2.38. The van der Waals surface area contributed by atoms with Gasteiger partial charge in [0.05, 0.1) is 5.69 Å². The number of nitrogens with one attached hydrogen (secondary N) is 2. The molecule has 0 radical (unpaired) electrons. The van der Waals surface area contributed by atoms with Crippen LogP contribution < -0.4 is 5.32 Å². The van der Waals surface area contributed by atoms with Crippen molar-refractivity contribution in [3.05, 3.63) is 82.9 Å². The summed E-state index contributed by atoms with van der Waals surface area (Å²) in [5.74, 6) is -1.24. The Hall–Kier alpha value is -3.20. The molecule has 9 heteroatoms. The van der Waals surface area contributed by atoms with Gasteiger partial charge in [0.15, 0.2) is 5.69 Å². The molecule has 1 aliphatic carbocycles. The van der Waals surface area contributed by atoms with Crippen molar-refractivity contribution >= 4 is 11.6 Å². The number of aliphatic hydroxyl groups is 1. The second-order valence-corrected chi connectivity index (χ2v) is 8.02. The van der Waals surface area contributed by atoms with Gasteiger partial charge in [-0.25, -0.2) is 4.39 Å². The minimum absolute atomic E-state index is 0.259. The molecule has 3 N–H and O–H groups in total. The first-order chi connectivity index (χ1) is 15.2. The molecule has 2 aromatic carbocycles. The van der Waals surface area contributed by atoms with E-state index in [2.05, 4.69) is 10.4 Å². The second kappa shape index (κ2) is 8.38. The van der Waals surface area contributed by atoms with Gasteiger partial charge in [0.1, 0.15) is 17.1 Å². The smallest absolute Gasteiger partial charge is 0.380 e. The van der Waals surface area contributed by atoms with Gasteiger partial charge in [-0.2, -0.15) is 18.3 Å². The maximum atomic E-state index is 14.5. The van der Waals surface area contributed by atoms with E-state index in [4.69, 9.17) is 0 Å². The fraction of sp³-hybridized carbons (Fsp3) is 0.304. The summed E-state index contributed by atoms with van der Waals surface area (Å²) in [4.78, 5) is 12.4. The van der Waals surface area contributed by atoms with E-state index in [1.807, 2.05) is 6.07 Å². The van der Waals surface area contributed by atoms with Gasteiger partial charge in [-0.15, -0.1) is 0 Å². The quantitative estimate of drug-likeness (QED) is 0.433. The number of carbonyl (C=O) groups is 1. The molecule has 0 saturated heterocycles. The molecular weight excluding hydrogens is 426 g/mol. The van der Waals surface area contributed by atoms with Gasteiger partial charge in [0, 0.05) is 6.07 Å². The fourth-order valence-electron chi connectivity index (χ4n) is 3.64. The molecule has 5 nitrogen and oxygen atoms in total. The summed E-state index contributed by atoms with van der Waals surface area (Å²) in [6.07, 6.45) is -1.27. The lowest BCUT2D eigenvalue weighted by Crippen LogP contribution is -2.28. The summed E-state index contributed by atoms with van der Waals surface area (Å²) < 4.78 is 52.7. The van der Waals surface area contributed by atoms with E-state index in [1.54, 1.807) is 29.4 Å². The van der Waals surface area contributed by atoms with Gasteiger partial charge in [-0.05, 0) is 42.0 Å². The van der Waals surface area contributed by atoms with Crippen LogP contribution in [-0.2, 0) is 11.8 Å². The number of aromatic amines is 1. The molecule has 1 unspecified atom stereocenters. The number of hydrogen-bond acceptors (Lipinski definition) is 3.